The van der Waals surface area contributed by atoms with Crippen molar-refractivity contribution in [3.05, 3.63) is 24.3 Å². The minimum atomic E-state index is -1.76. The van der Waals surface area contributed by atoms with Gasteiger partial charge in [-0.2, -0.15) is 0 Å². The van der Waals surface area contributed by atoms with Gasteiger partial charge >= 0.3 is 11.9 Å². The quantitative estimate of drug-likeness (QED) is 0.0178. The Hall–Kier alpha value is -2.02. The van der Waals surface area contributed by atoms with Gasteiger partial charge in [0.1, 0.15) is 55.4 Å². The molecule has 0 bridgehead atoms. The highest BCUT2D eigenvalue weighted by Crippen LogP contribution is 2.26. The second-order valence-electron chi connectivity index (χ2n) is 18.7. The highest BCUT2D eigenvalue weighted by molar-refractivity contribution is 5.70. The summed E-state index contributed by atoms with van der Waals surface area (Å²) in [5.41, 5.74) is 0. The minimum absolute atomic E-state index is 0.152. The first kappa shape index (κ1) is 61.1. The number of esters is 2. The molecular weight excluding hydrogens is 865 g/mol. The maximum absolute atomic E-state index is 13.0. The van der Waals surface area contributed by atoms with Crippen LogP contribution in [0.1, 0.15) is 200 Å². The van der Waals surface area contributed by atoms with E-state index in [2.05, 4.69) is 38.2 Å². The first-order chi connectivity index (χ1) is 32.5. The number of carbonyl (C=O) groups excluding carboxylic acids is 2. The smallest absolute Gasteiger partial charge is 0.306 e. The third kappa shape index (κ3) is 27.8. The lowest BCUT2D eigenvalue weighted by Gasteiger charge is -2.42. The lowest BCUT2D eigenvalue weighted by atomic mass is 9.98. The molecule has 15 heteroatoms. The Labute approximate surface area is 403 Å². The minimum Gasteiger partial charge on any atom is -0.462 e. The molecule has 2 aliphatic rings. The second-order valence-corrected chi connectivity index (χ2v) is 18.7. The van der Waals surface area contributed by atoms with Crippen molar-refractivity contribution in [3.63, 3.8) is 0 Å². The van der Waals surface area contributed by atoms with Gasteiger partial charge in [0.2, 0.25) is 0 Å². The average Bonchev–Trinajstić information content (AvgIpc) is 3.32. The third-order valence-electron chi connectivity index (χ3n) is 12.7. The number of unbranched alkanes of at least 4 members (excludes halogenated alkanes) is 23. The van der Waals surface area contributed by atoms with Gasteiger partial charge in [-0.05, 0) is 44.9 Å². The fourth-order valence-electron chi connectivity index (χ4n) is 8.31. The van der Waals surface area contributed by atoms with Crippen LogP contribution in [0.4, 0.5) is 0 Å². The predicted molar refractivity (Wildman–Crippen MR) is 257 cm³/mol. The summed E-state index contributed by atoms with van der Waals surface area (Å²) in [6, 6.07) is 0. The van der Waals surface area contributed by atoms with Crippen molar-refractivity contribution in [3.8, 4) is 0 Å². The first-order valence-electron chi connectivity index (χ1n) is 26.4. The molecule has 2 fully saturated rings. The Morgan fingerprint density at radius 2 is 0.896 bits per heavy atom. The normalized spacial score (nSPS) is 26.1. The van der Waals surface area contributed by atoms with Gasteiger partial charge in [0.25, 0.3) is 0 Å². The van der Waals surface area contributed by atoms with Crippen LogP contribution < -0.4 is 0 Å². The highest BCUT2D eigenvalue weighted by Gasteiger charge is 2.47. The van der Waals surface area contributed by atoms with Crippen molar-refractivity contribution in [1.82, 2.24) is 0 Å². The number of aliphatic hydroxyl groups excluding tert-OH is 7. The molecule has 11 unspecified atom stereocenters. The molecule has 392 valence electrons. The summed E-state index contributed by atoms with van der Waals surface area (Å²) in [4.78, 5) is 25.8. The van der Waals surface area contributed by atoms with Crippen LogP contribution in [-0.2, 0) is 38.0 Å². The number of allylic oxidation sites excluding steroid dienone is 4. The summed E-state index contributed by atoms with van der Waals surface area (Å²) in [6.07, 6.45) is 23.4. The first-order valence-corrected chi connectivity index (χ1v) is 26.4. The average molecular weight is 959 g/mol. The van der Waals surface area contributed by atoms with Gasteiger partial charge in [0, 0.05) is 12.8 Å². The van der Waals surface area contributed by atoms with E-state index in [4.69, 9.17) is 28.4 Å². The maximum Gasteiger partial charge on any atom is 0.306 e. The molecule has 0 aromatic rings. The topological polar surface area (TPSA) is 231 Å². The second kappa shape index (κ2) is 39.7. The van der Waals surface area contributed by atoms with Crippen molar-refractivity contribution < 1.29 is 73.8 Å². The molecular formula is C52H94O15. The van der Waals surface area contributed by atoms with Crippen LogP contribution in [0.15, 0.2) is 24.3 Å². The van der Waals surface area contributed by atoms with Crippen LogP contribution in [0, 0.1) is 0 Å². The summed E-state index contributed by atoms with van der Waals surface area (Å²) < 4.78 is 33.6. The van der Waals surface area contributed by atoms with E-state index in [0.717, 1.165) is 64.2 Å². The van der Waals surface area contributed by atoms with E-state index in [-0.39, 0.29) is 26.1 Å². The number of ether oxygens (including phenoxy) is 6. The van der Waals surface area contributed by atoms with Crippen LogP contribution in [-0.4, -0.2) is 142 Å². The van der Waals surface area contributed by atoms with Crippen LogP contribution in [0.5, 0.6) is 0 Å². The summed E-state index contributed by atoms with van der Waals surface area (Å²) in [6.45, 7) is 2.58. The van der Waals surface area contributed by atoms with Gasteiger partial charge in [-0.15, -0.1) is 0 Å². The number of hydrogen-bond acceptors (Lipinski definition) is 15. The molecule has 0 spiro atoms. The van der Waals surface area contributed by atoms with E-state index in [0.29, 0.717) is 12.8 Å². The molecule has 0 aromatic carbocycles. The van der Waals surface area contributed by atoms with Crippen molar-refractivity contribution in [1.29, 1.82) is 0 Å². The molecule has 7 N–H and O–H groups in total. The lowest BCUT2D eigenvalue weighted by molar-refractivity contribution is -0.332. The Bertz CT molecular complexity index is 1270. The van der Waals surface area contributed by atoms with E-state index in [1.165, 1.54) is 96.3 Å². The van der Waals surface area contributed by atoms with E-state index >= 15 is 0 Å². The predicted octanol–water partition coefficient (Wildman–Crippen LogP) is 7.55. The van der Waals surface area contributed by atoms with E-state index in [9.17, 15) is 45.3 Å². The van der Waals surface area contributed by atoms with Gasteiger partial charge in [-0.25, -0.2) is 0 Å². The van der Waals surface area contributed by atoms with Gasteiger partial charge < -0.3 is 64.2 Å². The largest absolute Gasteiger partial charge is 0.462 e. The molecule has 67 heavy (non-hydrogen) atoms. The molecule has 0 aliphatic carbocycles. The zero-order valence-corrected chi connectivity index (χ0v) is 41.4. The Morgan fingerprint density at radius 1 is 0.478 bits per heavy atom. The number of rotatable bonds is 41. The zero-order chi connectivity index (χ0) is 48.9. The molecule has 2 heterocycles. The summed E-state index contributed by atoms with van der Waals surface area (Å²) in [5, 5.41) is 72.1. The molecule has 0 saturated carbocycles. The van der Waals surface area contributed by atoms with E-state index < -0.39 is 92.7 Å². The van der Waals surface area contributed by atoms with Gasteiger partial charge in [0.05, 0.1) is 19.8 Å². The summed E-state index contributed by atoms with van der Waals surface area (Å²) in [5.74, 6) is -0.933. The summed E-state index contributed by atoms with van der Waals surface area (Å²) in [7, 11) is 0. The molecule has 2 saturated heterocycles. The van der Waals surface area contributed by atoms with Crippen molar-refractivity contribution >= 4 is 11.9 Å². The van der Waals surface area contributed by atoms with Crippen molar-refractivity contribution in [2.75, 3.05) is 26.4 Å². The van der Waals surface area contributed by atoms with Crippen LogP contribution in [0.3, 0.4) is 0 Å². The van der Waals surface area contributed by atoms with Gasteiger partial charge in [-0.1, -0.05) is 167 Å². The van der Waals surface area contributed by atoms with Crippen LogP contribution in [0.25, 0.3) is 0 Å². The Kier molecular flexibility index (Phi) is 36.2. The molecule has 15 nitrogen and oxygen atoms in total. The van der Waals surface area contributed by atoms with Crippen LogP contribution >= 0.6 is 0 Å². The SMILES string of the molecule is CCCCCC/C=C\C/C=C\CCCCCCCC(=O)OC(COC(=O)CCCCCCCCCCCCCCCCC)COC1OC(COC2OC(CO)C(O)C(O)C2O)C(O)C(O)C1O. The Morgan fingerprint density at radius 3 is 1.40 bits per heavy atom. The molecule has 2 aliphatic heterocycles. The highest BCUT2D eigenvalue weighted by atomic mass is 16.7. The molecule has 2 rings (SSSR count). The Balaban J connectivity index is 1.81. The van der Waals surface area contributed by atoms with Crippen LogP contribution in [0.2, 0.25) is 0 Å². The summed E-state index contributed by atoms with van der Waals surface area (Å²) >= 11 is 0. The van der Waals surface area contributed by atoms with E-state index in [1.807, 2.05) is 0 Å². The number of hydrogen-bond donors (Lipinski definition) is 7. The van der Waals surface area contributed by atoms with Crippen molar-refractivity contribution in [2.45, 2.75) is 268 Å². The molecule has 0 aromatic heterocycles. The molecule has 11 atom stereocenters. The number of carbonyl (C=O) groups is 2. The molecule has 0 radical (unpaired) electrons. The van der Waals surface area contributed by atoms with Gasteiger partial charge in [-0.3, -0.25) is 9.59 Å². The van der Waals surface area contributed by atoms with Crippen molar-refractivity contribution in [2.24, 2.45) is 0 Å². The standard InChI is InChI=1S/C52H94O15/c1-3-5-7-9-11-13-15-17-19-21-23-25-27-29-31-33-35-44(55)65-40(37-62-43(54)34-32-30-28-26-24-22-20-18-16-14-12-10-8-6-4-2)38-63-51-50(61)48(59)46(57)42(67-51)39-64-52-49(60)47(58)45(56)41(36-53)66-52/h13,15,19,21,40-42,45-53,56-61H,3-12,14,16-18,20,22-39H2,1-2H3/b15-13-,21-19-. The monoisotopic (exact) mass is 959 g/mol. The fraction of sp³-hybridized carbons (Fsp3) is 0.885. The third-order valence-corrected chi connectivity index (χ3v) is 12.7. The zero-order valence-electron chi connectivity index (χ0n) is 41.4. The number of aliphatic hydroxyl groups is 7. The maximum atomic E-state index is 13.0. The van der Waals surface area contributed by atoms with Gasteiger partial charge in [0.15, 0.2) is 18.7 Å². The molecule has 0 amide bonds. The lowest BCUT2D eigenvalue weighted by Crippen LogP contribution is -2.61. The fourth-order valence-corrected chi connectivity index (χ4v) is 8.31. The van der Waals surface area contributed by atoms with E-state index in [1.54, 1.807) is 0 Å².